The first-order chi connectivity index (χ1) is 16.5. The van der Waals surface area contributed by atoms with E-state index in [4.69, 9.17) is 11.6 Å². The molecule has 5 rings (SSSR count). The zero-order valence-electron chi connectivity index (χ0n) is 17.5. The van der Waals surface area contributed by atoms with E-state index in [2.05, 4.69) is 25.6 Å². The van der Waals surface area contributed by atoms with E-state index in [0.29, 0.717) is 32.9 Å². The minimum absolute atomic E-state index is 0.122. The van der Waals surface area contributed by atoms with Crippen molar-refractivity contribution >= 4 is 80.2 Å². The van der Waals surface area contributed by atoms with Gasteiger partial charge in [-0.25, -0.2) is 0 Å². The van der Waals surface area contributed by atoms with Crippen molar-refractivity contribution in [3.8, 4) is 0 Å². The Hall–Kier alpha value is -3.53. The largest absolute Gasteiger partial charge is 0.333 e. The molecule has 3 heterocycles. The van der Waals surface area contributed by atoms with E-state index in [0.717, 1.165) is 21.5 Å². The van der Waals surface area contributed by atoms with Gasteiger partial charge in [0, 0.05) is 23.0 Å². The average molecular weight is 506 g/mol. The van der Waals surface area contributed by atoms with Crippen LogP contribution < -0.4 is 10.6 Å². The van der Waals surface area contributed by atoms with Gasteiger partial charge in [-0.3, -0.25) is 19.6 Å². The fourth-order valence-electron chi connectivity index (χ4n) is 3.27. The molecule has 1 aliphatic heterocycles. The van der Waals surface area contributed by atoms with Gasteiger partial charge in [-0.2, -0.15) is 4.99 Å². The number of nitrogens with zero attached hydrogens (tertiary/aromatic N) is 3. The van der Waals surface area contributed by atoms with Gasteiger partial charge in [0.2, 0.25) is 5.91 Å². The van der Waals surface area contributed by atoms with E-state index in [-0.39, 0.29) is 11.8 Å². The monoisotopic (exact) mass is 505 g/mol. The third-order valence-electron chi connectivity index (χ3n) is 4.82. The third-order valence-corrected chi connectivity index (χ3v) is 6.92. The predicted molar refractivity (Wildman–Crippen MR) is 139 cm³/mol. The van der Waals surface area contributed by atoms with Gasteiger partial charge < -0.3 is 10.6 Å². The molecule has 2 aromatic carbocycles. The molecule has 0 aliphatic carbocycles. The smallest absolute Gasteiger partial charge is 0.286 e. The zero-order valence-corrected chi connectivity index (χ0v) is 19.9. The van der Waals surface area contributed by atoms with Crippen molar-refractivity contribution in [2.24, 2.45) is 4.99 Å². The number of amidine groups is 1. The van der Waals surface area contributed by atoms with Crippen LogP contribution in [0.1, 0.15) is 10.4 Å². The summed E-state index contributed by atoms with van der Waals surface area (Å²) in [6.07, 6.45) is 5.33. The summed E-state index contributed by atoms with van der Waals surface area (Å²) in [7, 11) is 0. The molecule has 0 saturated heterocycles. The molecule has 4 aromatic rings. The van der Waals surface area contributed by atoms with Gasteiger partial charge in [0.1, 0.15) is 0 Å². The third kappa shape index (κ3) is 5.17. The number of halogens is 1. The number of amides is 2. The standard InChI is InChI=1S/C24H16ClN5O2S2/c25-17-5-4-15(28-22(31)13-16-2-1-9-33-16)12-19(17)29-24-30-23(32)21(34-24)11-14-3-6-18-20(10-14)27-8-7-26-18/h1-12H,13H2,(H,28,31)(H,29,30,32). The quantitative estimate of drug-likeness (QED) is 0.342. The molecular formula is C24H16ClN5O2S2. The van der Waals surface area contributed by atoms with E-state index in [1.807, 2.05) is 35.7 Å². The number of aromatic nitrogens is 2. The number of thioether (sulfide) groups is 1. The van der Waals surface area contributed by atoms with Crippen LogP contribution in [-0.2, 0) is 16.0 Å². The van der Waals surface area contributed by atoms with Crippen LogP contribution in [-0.4, -0.2) is 26.9 Å². The number of hydrogen-bond acceptors (Lipinski definition) is 7. The van der Waals surface area contributed by atoms with Crippen LogP contribution in [0.4, 0.5) is 11.4 Å². The van der Waals surface area contributed by atoms with Crippen molar-refractivity contribution in [1.29, 1.82) is 0 Å². The first-order valence-corrected chi connectivity index (χ1v) is 12.2. The second-order valence-electron chi connectivity index (χ2n) is 7.26. The van der Waals surface area contributed by atoms with E-state index in [9.17, 15) is 9.59 Å². The number of anilines is 2. The number of thiophene rings is 1. The lowest BCUT2D eigenvalue weighted by Gasteiger charge is -2.10. The van der Waals surface area contributed by atoms with Crippen molar-refractivity contribution in [1.82, 2.24) is 9.97 Å². The lowest BCUT2D eigenvalue weighted by Crippen LogP contribution is -2.14. The Balaban J connectivity index is 1.28. The predicted octanol–water partition coefficient (Wildman–Crippen LogP) is 5.61. The number of hydrogen-bond donors (Lipinski definition) is 2. The highest BCUT2D eigenvalue weighted by Gasteiger charge is 2.23. The van der Waals surface area contributed by atoms with Gasteiger partial charge in [0.15, 0.2) is 5.17 Å². The molecule has 168 valence electrons. The summed E-state index contributed by atoms with van der Waals surface area (Å²) in [6.45, 7) is 0. The van der Waals surface area contributed by atoms with E-state index in [1.54, 1.807) is 36.7 Å². The van der Waals surface area contributed by atoms with Gasteiger partial charge in [-0.1, -0.05) is 23.7 Å². The lowest BCUT2D eigenvalue weighted by atomic mass is 10.2. The van der Waals surface area contributed by atoms with Crippen LogP contribution in [0.5, 0.6) is 0 Å². The zero-order chi connectivity index (χ0) is 23.5. The molecule has 0 atom stereocenters. The molecule has 0 saturated carbocycles. The molecule has 0 unspecified atom stereocenters. The number of benzene rings is 2. The number of rotatable bonds is 5. The van der Waals surface area contributed by atoms with Crippen molar-refractivity contribution in [3.05, 3.63) is 86.7 Å². The van der Waals surface area contributed by atoms with Gasteiger partial charge in [-0.15, -0.1) is 11.3 Å². The number of fused-ring (bicyclic) bond motifs is 1. The van der Waals surface area contributed by atoms with Crippen LogP contribution in [0.15, 0.2) is 76.2 Å². The molecule has 2 aromatic heterocycles. The normalized spacial score (nSPS) is 14.4. The summed E-state index contributed by atoms with van der Waals surface area (Å²) in [4.78, 5) is 38.9. The highest BCUT2D eigenvalue weighted by Crippen LogP contribution is 2.32. The minimum Gasteiger partial charge on any atom is -0.333 e. The summed E-state index contributed by atoms with van der Waals surface area (Å²) >= 11 is 9.08. The minimum atomic E-state index is -0.344. The molecule has 0 spiro atoms. The molecule has 0 bridgehead atoms. The summed E-state index contributed by atoms with van der Waals surface area (Å²) in [5, 5.41) is 8.74. The van der Waals surface area contributed by atoms with Crippen LogP contribution >= 0.6 is 34.7 Å². The Labute approximate surface area is 208 Å². The summed E-state index contributed by atoms with van der Waals surface area (Å²) in [5.74, 6) is -0.466. The molecule has 0 radical (unpaired) electrons. The maximum Gasteiger partial charge on any atom is 0.286 e. The van der Waals surface area contributed by atoms with Crippen molar-refractivity contribution in [3.63, 3.8) is 0 Å². The molecule has 1 aliphatic rings. The summed E-state index contributed by atoms with van der Waals surface area (Å²) in [6, 6.07) is 14.6. The summed E-state index contributed by atoms with van der Waals surface area (Å²) in [5.41, 5.74) is 3.49. The van der Waals surface area contributed by atoms with Gasteiger partial charge in [0.25, 0.3) is 5.91 Å². The fraction of sp³-hybridized carbons (Fsp3) is 0.0417. The second-order valence-corrected chi connectivity index (χ2v) is 9.73. The van der Waals surface area contributed by atoms with Crippen molar-refractivity contribution in [2.45, 2.75) is 6.42 Å². The van der Waals surface area contributed by atoms with Crippen molar-refractivity contribution in [2.75, 3.05) is 10.6 Å². The summed E-state index contributed by atoms with van der Waals surface area (Å²) < 4.78 is 0. The second kappa shape index (κ2) is 9.76. The Morgan fingerprint density at radius 2 is 1.91 bits per heavy atom. The Morgan fingerprint density at radius 1 is 1.06 bits per heavy atom. The average Bonchev–Trinajstić information content (AvgIpc) is 3.45. The highest BCUT2D eigenvalue weighted by atomic mass is 35.5. The molecule has 0 fully saturated rings. The Morgan fingerprint density at radius 3 is 2.74 bits per heavy atom. The number of aliphatic imine (C=N–C) groups is 1. The Bertz CT molecular complexity index is 1470. The van der Waals surface area contributed by atoms with Gasteiger partial charge in [-0.05, 0) is 65.2 Å². The molecule has 7 nitrogen and oxygen atoms in total. The first kappa shape index (κ1) is 22.3. The SMILES string of the molecule is O=C(Cc1cccs1)Nc1ccc(Cl)c(NC2=NC(=O)C(=Cc3ccc4nccnc4c3)S2)c1. The molecule has 2 amide bonds. The maximum absolute atomic E-state index is 12.5. The Kier molecular flexibility index (Phi) is 6.39. The van der Waals surface area contributed by atoms with Crippen molar-refractivity contribution < 1.29 is 9.59 Å². The van der Waals surface area contributed by atoms with E-state index >= 15 is 0 Å². The fourth-order valence-corrected chi connectivity index (χ4v) is 4.97. The van der Waals surface area contributed by atoms with Crippen LogP contribution in [0.2, 0.25) is 5.02 Å². The van der Waals surface area contributed by atoms with Gasteiger partial charge in [0.05, 0.1) is 33.1 Å². The topological polar surface area (TPSA) is 96.3 Å². The number of nitrogens with one attached hydrogen (secondary N) is 2. The van der Waals surface area contributed by atoms with E-state index in [1.165, 1.54) is 23.1 Å². The van der Waals surface area contributed by atoms with Crippen LogP contribution in [0.25, 0.3) is 17.1 Å². The number of carbonyl (C=O) groups excluding carboxylic acids is 2. The van der Waals surface area contributed by atoms with Crippen LogP contribution in [0, 0.1) is 0 Å². The van der Waals surface area contributed by atoms with E-state index < -0.39 is 0 Å². The lowest BCUT2D eigenvalue weighted by molar-refractivity contribution is -0.115. The highest BCUT2D eigenvalue weighted by molar-refractivity contribution is 8.18. The molecule has 2 N–H and O–H groups in total. The van der Waals surface area contributed by atoms with Crippen LogP contribution in [0.3, 0.4) is 0 Å². The molecule has 10 heteroatoms. The maximum atomic E-state index is 12.5. The number of carbonyl (C=O) groups is 2. The molecule has 34 heavy (non-hydrogen) atoms. The van der Waals surface area contributed by atoms with Gasteiger partial charge >= 0.3 is 0 Å². The first-order valence-electron chi connectivity index (χ1n) is 10.2. The molecular weight excluding hydrogens is 490 g/mol.